The lowest BCUT2D eigenvalue weighted by atomic mass is 10.1. The van der Waals surface area contributed by atoms with Gasteiger partial charge in [-0.2, -0.15) is 18.2 Å². The Kier molecular flexibility index (Phi) is 6.25. The van der Waals surface area contributed by atoms with Crippen LogP contribution in [0.15, 0.2) is 46.3 Å². The van der Waals surface area contributed by atoms with Gasteiger partial charge in [-0.3, -0.25) is 4.90 Å². The summed E-state index contributed by atoms with van der Waals surface area (Å²) in [5.74, 6) is 0.686. The van der Waals surface area contributed by atoms with E-state index in [0.29, 0.717) is 36.9 Å². The van der Waals surface area contributed by atoms with Gasteiger partial charge in [-0.15, -0.1) is 11.3 Å². The van der Waals surface area contributed by atoms with E-state index in [1.807, 2.05) is 22.4 Å². The van der Waals surface area contributed by atoms with Gasteiger partial charge in [-0.05, 0) is 23.1 Å². The number of aliphatic hydroxyl groups is 1. The highest BCUT2D eigenvalue weighted by Gasteiger charge is 2.30. The molecule has 0 radical (unpaired) electrons. The number of hydrogen-bond donors (Lipinski definition) is 1. The van der Waals surface area contributed by atoms with E-state index in [1.54, 1.807) is 17.4 Å². The van der Waals surface area contributed by atoms with Crippen molar-refractivity contribution in [2.75, 3.05) is 13.2 Å². The number of aromatic nitrogens is 2. The zero-order valence-corrected chi connectivity index (χ0v) is 15.1. The molecule has 1 N–H and O–H groups in total. The van der Waals surface area contributed by atoms with E-state index < -0.39 is 11.7 Å². The molecule has 0 aliphatic carbocycles. The fourth-order valence-electron chi connectivity index (χ4n) is 2.64. The van der Waals surface area contributed by atoms with E-state index in [-0.39, 0.29) is 13.0 Å². The minimum atomic E-state index is -4.38. The van der Waals surface area contributed by atoms with Crippen LogP contribution in [0.2, 0.25) is 0 Å². The predicted molar refractivity (Wildman–Crippen MR) is 94.1 cm³/mol. The highest BCUT2D eigenvalue weighted by Crippen LogP contribution is 2.29. The molecule has 0 aliphatic rings. The first-order valence-electron chi connectivity index (χ1n) is 8.27. The van der Waals surface area contributed by atoms with Crippen LogP contribution in [0.5, 0.6) is 0 Å². The molecule has 1 aromatic carbocycles. The van der Waals surface area contributed by atoms with Crippen molar-refractivity contribution in [1.82, 2.24) is 15.0 Å². The van der Waals surface area contributed by atoms with Gasteiger partial charge in [0.1, 0.15) is 0 Å². The van der Waals surface area contributed by atoms with E-state index in [4.69, 9.17) is 4.52 Å². The highest BCUT2D eigenvalue weighted by atomic mass is 32.1. The molecular weight excluding hydrogens is 379 g/mol. The van der Waals surface area contributed by atoms with Crippen molar-refractivity contribution in [3.8, 4) is 0 Å². The Morgan fingerprint density at radius 2 is 2.00 bits per heavy atom. The molecular formula is C18H18F3N3O2S. The lowest BCUT2D eigenvalue weighted by molar-refractivity contribution is -0.137. The number of halogens is 3. The van der Waals surface area contributed by atoms with Crippen LogP contribution in [0.3, 0.4) is 0 Å². The number of aliphatic hydroxyl groups excluding tert-OH is 1. The summed E-state index contributed by atoms with van der Waals surface area (Å²) < 4.78 is 43.6. The summed E-state index contributed by atoms with van der Waals surface area (Å²) in [5.41, 5.74) is -0.239. The summed E-state index contributed by atoms with van der Waals surface area (Å²) in [6.45, 7) is 1.44. The summed E-state index contributed by atoms with van der Waals surface area (Å²) in [6, 6.07) is 9.04. The molecule has 2 heterocycles. The van der Waals surface area contributed by atoms with Gasteiger partial charge in [0.15, 0.2) is 5.82 Å². The number of hydrogen-bond acceptors (Lipinski definition) is 6. The maximum atomic E-state index is 12.8. The fraction of sp³-hybridized carbons (Fsp3) is 0.333. The number of thiophene rings is 1. The number of nitrogens with zero attached hydrogens (tertiary/aromatic N) is 3. The summed E-state index contributed by atoms with van der Waals surface area (Å²) in [7, 11) is 0. The Morgan fingerprint density at radius 3 is 2.70 bits per heavy atom. The molecule has 3 rings (SSSR count). The average molecular weight is 397 g/mol. The molecule has 27 heavy (non-hydrogen) atoms. The van der Waals surface area contributed by atoms with Gasteiger partial charge in [-0.1, -0.05) is 29.4 Å². The summed E-state index contributed by atoms with van der Waals surface area (Å²) in [4.78, 5) is 7.38. The fourth-order valence-corrected chi connectivity index (χ4v) is 3.38. The Hall–Kier alpha value is -2.23. The van der Waals surface area contributed by atoms with E-state index in [1.165, 1.54) is 6.07 Å². The van der Waals surface area contributed by atoms with E-state index >= 15 is 0 Å². The quantitative estimate of drug-likeness (QED) is 0.628. The van der Waals surface area contributed by atoms with Crippen LogP contribution in [0.25, 0.3) is 0 Å². The van der Waals surface area contributed by atoms with Crippen molar-refractivity contribution in [3.05, 3.63) is 69.5 Å². The molecule has 0 aliphatic heterocycles. The first kappa shape index (κ1) is 19.5. The molecule has 0 saturated carbocycles. The van der Waals surface area contributed by atoms with Crippen molar-refractivity contribution < 1.29 is 22.8 Å². The molecule has 0 saturated heterocycles. The van der Waals surface area contributed by atoms with Crippen LogP contribution in [-0.4, -0.2) is 33.3 Å². The number of rotatable bonds is 8. The van der Waals surface area contributed by atoms with Crippen molar-refractivity contribution in [3.63, 3.8) is 0 Å². The predicted octanol–water partition coefficient (Wildman–Crippen LogP) is 3.74. The van der Waals surface area contributed by atoms with Gasteiger partial charge in [0.05, 0.1) is 18.7 Å². The van der Waals surface area contributed by atoms with Crippen LogP contribution in [-0.2, 0) is 25.7 Å². The molecule has 0 spiro atoms. The lowest BCUT2D eigenvalue weighted by Crippen LogP contribution is -2.25. The molecule has 5 nitrogen and oxygen atoms in total. The Labute approximate surface area is 158 Å². The molecule has 0 amide bonds. The minimum Gasteiger partial charge on any atom is -0.395 e. The monoisotopic (exact) mass is 397 g/mol. The Balaban J connectivity index is 1.65. The van der Waals surface area contributed by atoms with Crippen LogP contribution < -0.4 is 0 Å². The van der Waals surface area contributed by atoms with Gasteiger partial charge in [0.25, 0.3) is 0 Å². The van der Waals surface area contributed by atoms with E-state index in [0.717, 1.165) is 17.0 Å². The standard InChI is InChI=1S/C18H18F3N3O2S/c19-18(20,21)14-4-1-3-13(9-14)10-16-22-17(26-23-16)12-24(6-7-25)11-15-5-2-8-27-15/h1-5,8-9,25H,6-7,10-12H2. The summed E-state index contributed by atoms with van der Waals surface area (Å²) >= 11 is 1.62. The maximum Gasteiger partial charge on any atom is 0.416 e. The molecule has 0 unspecified atom stereocenters. The number of benzene rings is 1. The smallest absolute Gasteiger partial charge is 0.395 e. The highest BCUT2D eigenvalue weighted by molar-refractivity contribution is 7.09. The second-order valence-corrected chi connectivity index (χ2v) is 7.03. The van der Waals surface area contributed by atoms with Gasteiger partial charge in [0.2, 0.25) is 5.89 Å². The minimum absolute atomic E-state index is 0.00337. The molecule has 2 aromatic heterocycles. The van der Waals surface area contributed by atoms with Crippen LogP contribution in [0.1, 0.15) is 27.7 Å². The second-order valence-electron chi connectivity index (χ2n) is 5.99. The van der Waals surface area contributed by atoms with Crippen LogP contribution >= 0.6 is 11.3 Å². The van der Waals surface area contributed by atoms with Gasteiger partial charge in [0, 0.05) is 24.4 Å². The molecule has 144 valence electrons. The maximum absolute atomic E-state index is 12.8. The summed E-state index contributed by atoms with van der Waals surface area (Å²) in [6.07, 6.45) is -4.23. The van der Waals surface area contributed by atoms with Crippen molar-refractivity contribution in [2.45, 2.75) is 25.7 Å². The molecule has 9 heteroatoms. The van der Waals surface area contributed by atoms with Crippen molar-refractivity contribution in [2.24, 2.45) is 0 Å². The average Bonchev–Trinajstić information content (AvgIpc) is 3.27. The largest absolute Gasteiger partial charge is 0.416 e. The third-order valence-corrected chi connectivity index (χ3v) is 4.72. The Morgan fingerprint density at radius 1 is 1.15 bits per heavy atom. The van der Waals surface area contributed by atoms with E-state index in [2.05, 4.69) is 10.1 Å². The van der Waals surface area contributed by atoms with Gasteiger partial charge in [-0.25, -0.2) is 0 Å². The Bertz CT molecular complexity index is 850. The molecule has 0 fully saturated rings. The molecule has 0 bridgehead atoms. The molecule has 0 atom stereocenters. The molecule has 3 aromatic rings. The normalized spacial score (nSPS) is 12.0. The first-order valence-corrected chi connectivity index (χ1v) is 9.15. The third kappa shape index (κ3) is 5.62. The zero-order valence-electron chi connectivity index (χ0n) is 14.3. The van der Waals surface area contributed by atoms with Crippen molar-refractivity contribution >= 4 is 11.3 Å². The van der Waals surface area contributed by atoms with Gasteiger partial charge < -0.3 is 9.63 Å². The van der Waals surface area contributed by atoms with Crippen molar-refractivity contribution in [1.29, 1.82) is 0 Å². The van der Waals surface area contributed by atoms with Crippen LogP contribution in [0, 0.1) is 0 Å². The number of alkyl halides is 3. The lowest BCUT2D eigenvalue weighted by Gasteiger charge is -2.18. The SMILES string of the molecule is OCCN(Cc1nc(Cc2cccc(C(F)(F)F)c2)no1)Cc1cccs1. The van der Waals surface area contributed by atoms with Crippen LogP contribution in [0.4, 0.5) is 13.2 Å². The summed E-state index contributed by atoms with van der Waals surface area (Å²) in [5, 5.41) is 15.1. The second kappa shape index (κ2) is 8.64. The zero-order chi connectivity index (χ0) is 19.3. The third-order valence-electron chi connectivity index (χ3n) is 3.86. The first-order chi connectivity index (χ1) is 12.9. The van der Waals surface area contributed by atoms with Gasteiger partial charge >= 0.3 is 6.18 Å². The van der Waals surface area contributed by atoms with E-state index in [9.17, 15) is 18.3 Å². The topological polar surface area (TPSA) is 62.4 Å².